The van der Waals surface area contributed by atoms with Crippen molar-refractivity contribution in [3.63, 3.8) is 0 Å². The van der Waals surface area contributed by atoms with Gasteiger partial charge in [0.05, 0.1) is 10.9 Å². The number of carbonyl (C=O) groups is 1. The topological polar surface area (TPSA) is 88.8 Å². The summed E-state index contributed by atoms with van der Waals surface area (Å²) in [5, 5.41) is 0.934. The molecule has 3 N–H and O–H groups in total. The molecule has 0 spiro atoms. The van der Waals surface area contributed by atoms with Gasteiger partial charge in [-0.15, -0.1) is 0 Å². The number of H-pyrrole nitrogens is 1. The summed E-state index contributed by atoms with van der Waals surface area (Å²) in [4.78, 5) is 30.4. The number of hydrogen-bond donors (Lipinski definition) is 2. The molecule has 3 rings (SSSR count). The molecule has 22 heavy (non-hydrogen) atoms. The van der Waals surface area contributed by atoms with Crippen molar-refractivity contribution in [2.45, 2.75) is 6.42 Å². The highest BCUT2D eigenvalue weighted by atomic mass is 35.5. The van der Waals surface area contributed by atoms with Gasteiger partial charge in [0.15, 0.2) is 0 Å². The van der Waals surface area contributed by atoms with Gasteiger partial charge in [0.2, 0.25) is 5.91 Å². The monoisotopic (exact) mass is 313 g/mol. The number of aromatic nitrogens is 2. The zero-order chi connectivity index (χ0) is 15.7. The first-order valence-corrected chi connectivity index (χ1v) is 6.98. The van der Waals surface area contributed by atoms with Crippen LogP contribution < -0.4 is 11.3 Å². The van der Waals surface area contributed by atoms with Gasteiger partial charge in [-0.05, 0) is 35.9 Å². The largest absolute Gasteiger partial charge is 0.366 e. The molecule has 0 saturated heterocycles. The van der Waals surface area contributed by atoms with E-state index in [1.54, 1.807) is 36.4 Å². The minimum atomic E-state index is -0.489. The van der Waals surface area contributed by atoms with Crippen molar-refractivity contribution >= 4 is 28.4 Å². The first-order valence-electron chi connectivity index (χ1n) is 6.60. The van der Waals surface area contributed by atoms with E-state index >= 15 is 0 Å². The number of fused-ring (bicyclic) bond motifs is 1. The predicted molar refractivity (Wildman–Crippen MR) is 85.1 cm³/mol. The normalized spacial score (nSPS) is 10.8. The van der Waals surface area contributed by atoms with E-state index in [0.29, 0.717) is 33.7 Å². The number of nitrogens with one attached hydrogen (secondary N) is 1. The Hall–Kier alpha value is -2.66. The molecule has 0 fully saturated rings. The van der Waals surface area contributed by atoms with E-state index in [-0.39, 0.29) is 5.56 Å². The lowest BCUT2D eigenvalue weighted by Gasteiger charge is -2.05. The van der Waals surface area contributed by atoms with Crippen LogP contribution in [0.1, 0.15) is 21.7 Å². The zero-order valence-electron chi connectivity index (χ0n) is 11.5. The molecular formula is C16H12ClN3O2. The fourth-order valence-electron chi connectivity index (χ4n) is 2.27. The highest BCUT2D eigenvalue weighted by Crippen LogP contribution is 2.15. The molecule has 5 nitrogen and oxygen atoms in total. The zero-order valence-corrected chi connectivity index (χ0v) is 12.2. The molecular weight excluding hydrogens is 302 g/mol. The van der Waals surface area contributed by atoms with E-state index in [1.165, 1.54) is 0 Å². The Morgan fingerprint density at radius 3 is 2.82 bits per heavy atom. The maximum Gasteiger partial charge on any atom is 0.258 e. The van der Waals surface area contributed by atoms with Crippen molar-refractivity contribution in [1.82, 2.24) is 9.97 Å². The standard InChI is InChI=1S/C16H12ClN3O2/c17-11-4-5-13-12(8-11)16(22)20-14(19-13)7-9-2-1-3-10(6-9)15(18)21/h1-6,8H,7H2,(H2,18,21)(H,19,20,22). The number of hydrogen-bond acceptors (Lipinski definition) is 3. The summed E-state index contributed by atoms with van der Waals surface area (Å²) in [5.41, 5.74) is 6.86. The lowest BCUT2D eigenvalue weighted by atomic mass is 10.1. The van der Waals surface area contributed by atoms with Gasteiger partial charge in [0, 0.05) is 17.0 Å². The van der Waals surface area contributed by atoms with Crippen LogP contribution in [-0.2, 0) is 6.42 Å². The molecule has 6 heteroatoms. The Balaban J connectivity index is 2.01. The van der Waals surface area contributed by atoms with Crippen LogP contribution in [0.4, 0.5) is 0 Å². The Labute approximate surface area is 130 Å². The fraction of sp³-hybridized carbons (Fsp3) is 0.0625. The quantitative estimate of drug-likeness (QED) is 0.777. The van der Waals surface area contributed by atoms with Crippen LogP contribution in [0.25, 0.3) is 10.9 Å². The molecule has 0 saturated carbocycles. The molecule has 0 bridgehead atoms. The van der Waals surface area contributed by atoms with Crippen LogP contribution in [0, 0.1) is 0 Å². The molecule has 0 atom stereocenters. The van der Waals surface area contributed by atoms with Crippen molar-refractivity contribution in [1.29, 1.82) is 0 Å². The molecule has 3 aromatic rings. The second kappa shape index (κ2) is 5.61. The van der Waals surface area contributed by atoms with Gasteiger partial charge in [-0.1, -0.05) is 23.7 Å². The van der Waals surface area contributed by atoms with E-state index in [9.17, 15) is 9.59 Å². The smallest absolute Gasteiger partial charge is 0.258 e. The number of rotatable bonds is 3. The fourth-order valence-corrected chi connectivity index (χ4v) is 2.44. The number of primary amides is 1. The molecule has 2 aromatic carbocycles. The Bertz CT molecular complexity index is 934. The van der Waals surface area contributed by atoms with Crippen LogP contribution >= 0.6 is 11.6 Å². The molecule has 0 aliphatic carbocycles. The minimum absolute atomic E-state index is 0.242. The number of carbonyl (C=O) groups excluding carboxylic acids is 1. The number of aromatic amines is 1. The molecule has 110 valence electrons. The second-order valence-electron chi connectivity index (χ2n) is 4.92. The Morgan fingerprint density at radius 1 is 1.23 bits per heavy atom. The first-order chi connectivity index (χ1) is 10.5. The molecule has 0 aliphatic heterocycles. The Kier molecular flexibility index (Phi) is 3.65. The van der Waals surface area contributed by atoms with Crippen LogP contribution in [0.3, 0.4) is 0 Å². The minimum Gasteiger partial charge on any atom is -0.366 e. The molecule has 1 aromatic heterocycles. The second-order valence-corrected chi connectivity index (χ2v) is 5.35. The van der Waals surface area contributed by atoms with Gasteiger partial charge in [-0.3, -0.25) is 9.59 Å². The van der Waals surface area contributed by atoms with Crippen LogP contribution in [0.15, 0.2) is 47.3 Å². The van der Waals surface area contributed by atoms with E-state index in [1.807, 2.05) is 6.07 Å². The lowest BCUT2D eigenvalue weighted by molar-refractivity contribution is 0.1000. The summed E-state index contributed by atoms with van der Waals surface area (Å²) in [6.07, 6.45) is 0.398. The van der Waals surface area contributed by atoms with E-state index in [4.69, 9.17) is 17.3 Å². The van der Waals surface area contributed by atoms with E-state index in [0.717, 1.165) is 5.56 Å². The third kappa shape index (κ3) is 2.84. The van der Waals surface area contributed by atoms with Gasteiger partial charge >= 0.3 is 0 Å². The Morgan fingerprint density at radius 2 is 2.05 bits per heavy atom. The molecule has 0 unspecified atom stereocenters. The maximum absolute atomic E-state index is 12.1. The van der Waals surface area contributed by atoms with Crippen molar-refractivity contribution < 1.29 is 4.79 Å². The maximum atomic E-state index is 12.1. The first kappa shape index (κ1) is 14.3. The molecule has 0 radical (unpaired) electrons. The number of halogens is 1. The van der Waals surface area contributed by atoms with Crippen molar-refractivity contribution in [2.75, 3.05) is 0 Å². The van der Waals surface area contributed by atoms with Gasteiger partial charge in [0.25, 0.3) is 5.56 Å². The van der Waals surface area contributed by atoms with Crippen LogP contribution in [0.2, 0.25) is 5.02 Å². The van der Waals surface area contributed by atoms with Crippen molar-refractivity contribution in [2.24, 2.45) is 5.73 Å². The summed E-state index contributed by atoms with van der Waals surface area (Å²) >= 11 is 5.88. The summed E-state index contributed by atoms with van der Waals surface area (Å²) in [7, 11) is 0. The van der Waals surface area contributed by atoms with Crippen molar-refractivity contribution in [3.05, 3.63) is 74.8 Å². The van der Waals surface area contributed by atoms with Gasteiger partial charge in [-0.25, -0.2) is 4.98 Å². The van der Waals surface area contributed by atoms with Crippen molar-refractivity contribution in [3.8, 4) is 0 Å². The van der Waals surface area contributed by atoms with E-state index < -0.39 is 5.91 Å². The highest BCUT2D eigenvalue weighted by Gasteiger charge is 2.07. The summed E-state index contributed by atoms with van der Waals surface area (Å²) < 4.78 is 0. The lowest BCUT2D eigenvalue weighted by Crippen LogP contribution is -2.13. The van der Waals surface area contributed by atoms with Crippen LogP contribution in [-0.4, -0.2) is 15.9 Å². The average molecular weight is 314 g/mol. The van der Waals surface area contributed by atoms with Gasteiger partial charge in [-0.2, -0.15) is 0 Å². The van der Waals surface area contributed by atoms with E-state index in [2.05, 4.69) is 9.97 Å². The third-order valence-electron chi connectivity index (χ3n) is 3.30. The van der Waals surface area contributed by atoms with Gasteiger partial charge in [0.1, 0.15) is 5.82 Å². The summed E-state index contributed by atoms with van der Waals surface area (Å²) in [6, 6.07) is 11.9. The number of nitrogens with zero attached hydrogens (tertiary/aromatic N) is 1. The number of benzene rings is 2. The summed E-state index contributed by atoms with van der Waals surface area (Å²) in [5.74, 6) is 0.0258. The molecule has 0 aliphatic rings. The summed E-state index contributed by atoms with van der Waals surface area (Å²) in [6.45, 7) is 0. The molecule has 1 amide bonds. The third-order valence-corrected chi connectivity index (χ3v) is 3.53. The number of nitrogens with two attached hydrogens (primary N) is 1. The SMILES string of the molecule is NC(=O)c1cccc(Cc2nc3ccc(Cl)cc3c(=O)[nH]2)c1. The van der Waals surface area contributed by atoms with Gasteiger partial charge < -0.3 is 10.7 Å². The van der Waals surface area contributed by atoms with Crippen LogP contribution in [0.5, 0.6) is 0 Å². The molecule has 1 heterocycles. The number of amides is 1. The highest BCUT2D eigenvalue weighted by molar-refractivity contribution is 6.31. The predicted octanol–water partition coefficient (Wildman–Crippen LogP) is 2.27. The average Bonchev–Trinajstić information content (AvgIpc) is 2.48.